The zero-order chi connectivity index (χ0) is 24.1. The molecule has 33 heavy (non-hydrogen) atoms. The van der Waals surface area contributed by atoms with Crippen molar-refractivity contribution >= 4 is 24.6 Å². The summed E-state index contributed by atoms with van der Waals surface area (Å²) in [5.41, 5.74) is 0.107. The van der Waals surface area contributed by atoms with E-state index in [9.17, 15) is 14.4 Å². The van der Waals surface area contributed by atoms with Crippen LogP contribution < -0.4 is 10.5 Å². The van der Waals surface area contributed by atoms with Crippen LogP contribution in [0.2, 0.25) is 0 Å². The number of pyridine rings is 2. The molecule has 2 radical (unpaired) electrons. The van der Waals surface area contributed by atoms with Gasteiger partial charge in [0.1, 0.15) is 36.6 Å². The van der Waals surface area contributed by atoms with Gasteiger partial charge < -0.3 is 9.47 Å². The van der Waals surface area contributed by atoms with Gasteiger partial charge in [0.25, 0.3) is 5.56 Å². The fourth-order valence-electron chi connectivity index (χ4n) is 4.72. The van der Waals surface area contributed by atoms with Crippen molar-refractivity contribution in [1.29, 1.82) is 5.26 Å². The molecule has 0 bridgehead atoms. The number of halogens is 2. The number of piperazine rings is 1. The fraction of sp³-hybridized carbons (Fsp3) is 0.375. The second-order valence-corrected chi connectivity index (χ2v) is 8.86. The molecule has 9 heteroatoms. The van der Waals surface area contributed by atoms with Crippen molar-refractivity contribution in [3.63, 3.8) is 0 Å². The summed E-state index contributed by atoms with van der Waals surface area (Å²) in [5.74, 6) is -1.23. The van der Waals surface area contributed by atoms with Crippen LogP contribution in [0.3, 0.4) is 0 Å². The Bertz CT molecular complexity index is 1320. The van der Waals surface area contributed by atoms with Crippen LogP contribution in [0.25, 0.3) is 11.0 Å². The minimum absolute atomic E-state index is 0.102. The van der Waals surface area contributed by atoms with E-state index in [4.69, 9.17) is 7.85 Å². The number of benzene rings is 1. The van der Waals surface area contributed by atoms with Crippen LogP contribution in [-0.4, -0.2) is 47.5 Å². The Morgan fingerprint density at radius 2 is 1.79 bits per heavy atom. The maximum Gasteiger partial charge on any atom is 0.289 e. The Morgan fingerprint density at radius 3 is 2.42 bits per heavy atom. The highest BCUT2D eigenvalue weighted by atomic mass is 19.1. The van der Waals surface area contributed by atoms with Gasteiger partial charge in [-0.25, -0.2) is 9.37 Å². The maximum atomic E-state index is 15.4. The first-order chi connectivity index (χ1) is 15.6. The number of aryl methyl sites for hydroxylation is 1. The van der Waals surface area contributed by atoms with E-state index in [2.05, 4.69) is 9.88 Å². The zero-order valence-corrected chi connectivity index (χ0v) is 19.0. The molecule has 1 fully saturated rings. The molecule has 0 aliphatic carbocycles. The summed E-state index contributed by atoms with van der Waals surface area (Å²) in [6.45, 7) is 6.62. The molecule has 0 amide bonds. The summed E-state index contributed by atoms with van der Waals surface area (Å²) < 4.78 is 30.0. The van der Waals surface area contributed by atoms with Crippen molar-refractivity contribution in [2.75, 3.05) is 18.0 Å². The molecule has 3 aromatic rings. The van der Waals surface area contributed by atoms with Gasteiger partial charge in [0.05, 0.1) is 5.52 Å². The second-order valence-electron chi connectivity index (χ2n) is 8.86. The first-order valence-electron chi connectivity index (χ1n) is 10.7. The summed E-state index contributed by atoms with van der Waals surface area (Å²) >= 11 is 0. The van der Waals surface area contributed by atoms with Crippen molar-refractivity contribution in [2.24, 2.45) is 7.05 Å². The molecular formula is C24H24BF2N5O. The Morgan fingerprint density at radius 1 is 1.12 bits per heavy atom. The highest BCUT2D eigenvalue weighted by Gasteiger charge is 2.39. The van der Waals surface area contributed by atoms with Gasteiger partial charge in [-0.05, 0) is 43.7 Å². The van der Waals surface area contributed by atoms with E-state index in [1.165, 1.54) is 29.8 Å². The van der Waals surface area contributed by atoms with Gasteiger partial charge in [0.2, 0.25) is 5.82 Å². The number of nitriles is 1. The first kappa shape index (κ1) is 22.9. The lowest BCUT2D eigenvalue weighted by Gasteiger charge is -2.52. The normalized spacial score (nSPS) is 21.1. The predicted octanol–water partition coefficient (Wildman–Crippen LogP) is 3.02. The van der Waals surface area contributed by atoms with Crippen LogP contribution in [0.15, 0.2) is 41.2 Å². The van der Waals surface area contributed by atoms with Gasteiger partial charge in [0, 0.05) is 37.7 Å². The molecule has 1 aliphatic rings. The fourth-order valence-corrected chi connectivity index (χ4v) is 4.72. The number of rotatable bonds is 3. The van der Waals surface area contributed by atoms with E-state index < -0.39 is 16.8 Å². The zero-order valence-electron chi connectivity index (χ0n) is 19.0. The monoisotopic (exact) mass is 447 g/mol. The number of hydrogen-bond acceptors (Lipinski definition) is 5. The molecule has 3 atom stereocenters. The molecule has 4 rings (SSSR count). The number of fused-ring (bicyclic) bond motifs is 1. The molecular weight excluding hydrogens is 423 g/mol. The van der Waals surface area contributed by atoms with E-state index in [0.29, 0.717) is 18.6 Å². The number of hydrogen-bond donors (Lipinski definition) is 0. The molecule has 1 aliphatic heterocycles. The molecule has 0 N–H and O–H groups in total. The summed E-state index contributed by atoms with van der Waals surface area (Å²) in [5, 5.41) is 9.30. The van der Waals surface area contributed by atoms with E-state index >= 15 is 4.39 Å². The van der Waals surface area contributed by atoms with Crippen molar-refractivity contribution < 1.29 is 8.78 Å². The first-order valence-corrected chi connectivity index (χ1v) is 10.7. The topological polar surface area (TPSA) is 65.2 Å². The molecule has 0 saturated carbocycles. The largest absolute Gasteiger partial charge is 0.362 e. The van der Waals surface area contributed by atoms with Gasteiger partial charge in [-0.1, -0.05) is 19.1 Å². The van der Waals surface area contributed by atoms with Crippen LogP contribution >= 0.6 is 0 Å². The lowest BCUT2D eigenvalue weighted by atomic mass is 9.71. The van der Waals surface area contributed by atoms with Crippen LogP contribution in [0.1, 0.15) is 32.0 Å². The van der Waals surface area contributed by atoms with Crippen molar-refractivity contribution in [2.45, 2.75) is 38.3 Å². The van der Waals surface area contributed by atoms with Gasteiger partial charge in [0.15, 0.2) is 0 Å². The molecule has 6 nitrogen and oxygen atoms in total. The van der Waals surface area contributed by atoms with Gasteiger partial charge in [-0.15, -0.1) is 0 Å². The minimum atomic E-state index is -0.894. The van der Waals surface area contributed by atoms with Crippen molar-refractivity contribution in [1.82, 2.24) is 14.5 Å². The van der Waals surface area contributed by atoms with E-state index in [1.54, 1.807) is 18.2 Å². The van der Waals surface area contributed by atoms with E-state index in [1.807, 2.05) is 31.7 Å². The van der Waals surface area contributed by atoms with E-state index in [-0.39, 0.29) is 34.8 Å². The molecule has 1 unspecified atom stereocenters. The van der Waals surface area contributed by atoms with Crippen LogP contribution in [0.4, 0.5) is 14.5 Å². The summed E-state index contributed by atoms with van der Waals surface area (Å²) in [7, 11) is 8.20. The molecule has 3 heterocycles. The summed E-state index contributed by atoms with van der Waals surface area (Å²) in [4.78, 5) is 20.9. The lowest BCUT2D eigenvalue weighted by Crippen LogP contribution is -2.62. The summed E-state index contributed by atoms with van der Waals surface area (Å²) in [6, 6.07) is 10.8. The van der Waals surface area contributed by atoms with Crippen molar-refractivity contribution in [3.05, 3.63) is 69.6 Å². The third kappa shape index (κ3) is 3.78. The highest BCUT2D eigenvalue weighted by Crippen LogP contribution is 2.35. The Kier molecular flexibility index (Phi) is 5.75. The minimum Gasteiger partial charge on any atom is -0.362 e. The Hall–Kier alpha value is -3.25. The third-order valence-electron chi connectivity index (χ3n) is 6.57. The highest BCUT2D eigenvalue weighted by molar-refractivity contribution is 6.15. The predicted molar refractivity (Wildman–Crippen MR) is 124 cm³/mol. The Labute approximate surface area is 192 Å². The number of nitrogens with zero attached hydrogens (tertiary/aromatic N) is 5. The summed E-state index contributed by atoms with van der Waals surface area (Å²) in [6.07, 6.45) is 0. The molecule has 168 valence electrons. The standard InChI is InChI=1S/C24H24BF2N5O/c1-14-13-32(24(3,25)16-5-7-17(26)8-6-16)15(2)12-31(14)22-20(27)23(33)30(4)19-10-9-18(11-28)29-21(19)22/h5-10,14-15H,12-13H2,1-4H3/t14-,15+,24?/m0/s1. The molecule has 2 aromatic heterocycles. The SMILES string of the molecule is [B]C(C)(c1ccc(F)cc1)N1C[C@H](C)N(c2c(F)c(=O)n(C)c3ccc(C#N)nc23)C[C@H]1C. The average Bonchev–Trinajstić information content (AvgIpc) is 2.79. The van der Waals surface area contributed by atoms with Crippen LogP contribution in [0.5, 0.6) is 0 Å². The maximum absolute atomic E-state index is 15.4. The lowest BCUT2D eigenvalue weighted by molar-refractivity contribution is 0.0921. The smallest absolute Gasteiger partial charge is 0.289 e. The van der Waals surface area contributed by atoms with E-state index in [0.717, 1.165) is 5.56 Å². The molecule has 1 aromatic carbocycles. The Balaban J connectivity index is 1.77. The molecule has 0 spiro atoms. The van der Waals surface area contributed by atoms with Crippen LogP contribution in [0, 0.1) is 23.0 Å². The van der Waals surface area contributed by atoms with Crippen LogP contribution in [-0.2, 0) is 12.5 Å². The number of anilines is 1. The number of aromatic nitrogens is 2. The average molecular weight is 447 g/mol. The molecule has 1 saturated heterocycles. The quantitative estimate of drug-likeness (QED) is 0.578. The van der Waals surface area contributed by atoms with Crippen molar-refractivity contribution in [3.8, 4) is 6.07 Å². The third-order valence-corrected chi connectivity index (χ3v) is 6.57. The van der Waals surface area contributed by atoms with Gasteiger partial charge in [-0.2, -0.15) is 9.65 Å². The van der Waals surface area contributed by atoms with Gasteiger partial charge >= 0.3 is 0 Å². The second kappa shape index (κ2) is 8.27. The van der Waals surface area contributed by atoms with Gasteiger partial charge in [-0.3, -0.25) is 9.69 Å².